The molecule has 0 aliphatic carbocycles. The maximum Gasteiger partial charge on any atom is 0.400 e. The first-order valence-electron chi connectivity index (χ1n) is 7.91. The van der Waals surface area contributed by atoms with Crippen LogP contribution in [0.15, 0.2) is 46.9 Å². The second-order valence-corrected chi connectivity index (χ2v) is 5.43. The molecule has 0 saturated carbocycles. The average Bonchev–Trinajstić information content (AvgIpc) is 3.02. The van der Waals surface area contributed by atoms with Crippen molar-refractivity contribution in [3.8, 4) is 17.6 Å². The van der Waals surface area contributed by atoms with E-state index >= 15 is 0 Å². The Bertz CT molecular complexity index is 820. The number of oxazole rings is 1. The van der Waals surface area contributed by atoms with E-state index < -0.39 is 0 Å². The Kier molecular flexibility index (Phi) is 4.79. The van der Waals surface area contributed by atoms with Crippen LogP contribution in [0.5, 0.6) is 17.6 Å². The van der Waals surface area contributed by atoms with Gasteiger partial charge in [0.15, 0.2) is 17.1 Å². The zero-order valence-electron chi connectivity index (χ0n) is 13.7. The van der Waals surface area contributed by atoms with Crippen LogP contribution in [0.2, 0.25) is 0 Å². The Labute approximate surface area is 140 Å². The van der Waals surface area contributed by atoms with Crippen LogP contribution in [-0.2, 0) is 11.2 Å². The normalized spacial score (nSPS) is 10.8. The van der Waals surface area contributed by atoms with Crippen LogP contribution in [0.1, 0.15) is 25.3 Å². The van der Waals surface area contributed by atoms with E-state index in [1.807, 2.05) is 43.3 Å². The molecule has 124 valence electrons. The summed E-state index contributed by atoms with van der Waals surface area (Å²) in [7, 11) is 1.58. The lowest BCUT2D eigenvalue weighted by molar-refractivity contribution is -0.118. The highest BCUT2D eigenvalue weighted by atomic mass is 16.6. The zero-order chi connectivity index (χ0) is 16.9. The summed E-state index contributed by atoms with van der Waals surface area (Å²) in [5, 5.41) is 0. The van der Waals surface area contributed by atoms with E-state index in [-0.39, 0.29) is 11.9 Å². The second-order valence-electron chi connectivity index (χ2n) is 5.43. The number of ketones is 1. The largest absolute Gasteiger partial charge is 0.493 e. The van der Waals surface area contributed by atoms with Gasteiger partial charge in [0.1, 0.15) is 11.3 Å². The molecule has 0 atom stereocenters. The van der Waals surface area contributed by atoms with Crippen molar-refractivity contribution in [2.24, 2.45) is 0 Å². The van der Waals surface area contributed by atoms with Gasteiger partial charge in [0.25, 0.3) is 0 Å². The average molecular weight is 325 g/mol. The van der Waals surface area contributed by atoms with Gasteiger partial charge in [0.2, 0.25) is 0 Å². The molecule has 0 bridgehead atoms. The predicted molar refractivity (Wildman–Crippen MR) is 90.7 cm³/mol. The number of aryl methyl sites for hydroxylation is 1. The Morgan fingerprint density at radius 3 is 2.75 bits per heavy atom. The maximum absolute atomic E-state index is 11.5. The first-order chi connectivity index (χ1) is 11.7. The topological polar surface area (TPSA) is 61.6 Å². The van der Waals surface area contributed by atoms with Crippen LogP contribution in [0, 0.1) is 0 Å². The number of Topliss-reactive ketones (excluding diaryl/α,β-unsaturated/α-hetero) is 1. The van der Waals surface area contributed by atoms with Gasteiger partial charge in [0, 0.05) is 12.8 Å². The van der Waals surface area contributed by atoms with Gasteiger partial charge in [-0.05, 0) is 36.2 Å². The fourth-order valence-electron chi connectivity index (χ4n) is 2.40. The summed E-state index contributed by atoms with van der Waals surface area (Å²) in [6, 6.07) is 13.1. The first-order valence-corrected chi connectivity index (χ1v) is 7.91. The fraction of sp³-hybridized carbons (Fsp3) is 0.263. The van der Waals surface area contributed by atoms with E-state index in [0.717, 1.165) is 11.1 Å². The summed E-state index contributed by atoms with van der Waals surface area (Å²) in [4.78, 5) is 15.7. The number of nitrogens with zero attached hydrogens (tertiary/aromatic N) is 1. The highest BCUT2D eigenvalue weighted by Gasteiger charge is 2.12. The molecular weight excluding hydrogens is 306 g/mol. The summed E-state index contributed by atoms with van der Waals surface area (Å²) in [6.45, 7) is 1.88. The molecule has 3 rings (SSSR count). The molecule has 24 heavy (non-hydrogen) atoms. The van der Waals surface area contributed by atoms with E-state index in [0.29, 0.717) is 36.3 Å². The summed E-state index contributed by atoms with van der Waals surface area (Å²) >= 11 is 0. The van der Waals surface area contributed by atoms with E-state index in [1.165, 1.54) is 0 Å². The van der Waals surface area contributed by atoms with Crippen LogP contribution < -0.4 is 9.47 Å². The number of carbonyl (C=O) groups excluding carboxylic acids is 1. The molecule has 0 aliphatic heterocycles. The lowest BCUT2D eigenvalue weighted by Crippen LogP contribution is -1.98. The van der Waals surface area contributed by atoms with Crippen LogP contribution >= 0.6 is 0 Å². The summed E-state index contributed by atoms with van der Waals surface area (Å²) < 4.78 is 16.7. The lowest BCUT2D eigenvalue weighted by atomic mass is 10.1. The molecular formula is C19H19NO4. The van der Waals surface area contributed by atoms with Gasteiger partial charge in [0.05, 0.1) is 7.11 Å². The lowest BCUT2D eigenvalue weighted by Gasteiger charge is -2.09. The van der Waals surface area contributed by atoms with Gasteiger partial charge < -0.3 is 13.9 Å². The van der Waals surface area contributed by atoms with Crippen LogP contribution in [0.4, 0.5) is 0 Å². The molecule has 0 spiro atoms. The molecule has 0 amide bonds. The smallest absolute Gasteiger partial charge is 0.400 e. The number of fused-ring (bicyclic) bond motifs is 1. The number of carbonyl (C=O) groups is 1. The number of hydrogen-bond donors (Lipinski definition) is 0. The molecule has 0 N–H and O–H groups in total. The molecule has 5 heteroatoms. The number of ether oxygens (including phenoxy) is 2. The number of aromatic nitrogens is 1. The van der Waals surface area contributed by atoms with Crippen molar-refractivity contribution in [2.75, 3.05) is 7.11 Å². The maximum atomic E-state index is 11.5. The summed E-state index contributed by atoms with van der Waals surface area (Å²) in [5.41, 5.74) is 2.43. The number of methoxy groups -OCH3 is 1. The number of hydrogen-bond acceptors (Lipinski definition) is 5. The molecule has 2 aromatic carbocycles. The Morgan fingerprint density at radius 2 is 2.00 bits per heavy atom. The van der Waals surface area contributed by atoms with Gasteiger partial charge in [-0.1, -0.05) is 25.1 Å². The second kappa shape index (κ2) is 7.17. The fourth-order valence-corrected chi connectivity index (χ4v) is 2.40. The third-order valence-electron chi connectivity index (χ3n) is 3.79. The molecule has 0 unspecified atom stereocenters. The highest BCUT2D eigenvalue weighted by Crippen LogP contribution is 2.33. The molecule has 3 aromatic rings. The zero-order valence-corrected chi connectivity index (χ0v) is 13.7. The molecule has 0 radical (unpaired) electrons. The van der Waals surface area contributed by atoms with Crippen LogP contribution in [0.3, 0.4) is 0 Å². The Morgan fingerprint density at radius 1 is 1.17 bits per heavy atom. The van der Waals surface area contributed by atoms with E-state index in [9.17, 15) is 4.79 Å². The number of rotatable bonds is 7. The van der Waals surface area contributed by atoms with Crippen molar-refractivity contribution in [3.63, 3.8) is 0 Å². The van der Waals surface area contributed by atoms with Gasteiger partial charge >= 0.3 is 6.08 Å². The quantitative estimate of drug-likeness (QED) is 0.638. The molecule has 1 aromatic heterocycles. The number of benzene rings is 2. The Balaban J connectivity index is 1.78. The van der Waals surface area contributed by atoms with Crippen molar-refractivity contribution in [1.82, 2.24) is 4.98 Å². The minimum Gasteiger partial charge on any atom is -0.493 e. The minimum absolute atomic E-state index is 0.170. The van der Waals surface area contributed by atoms with E-state index in [4.69, 9.17) is 13.9 Å². The van der Waals surface area contributed by atoms with Gasteiger partial charge in [-0.15, -0.1) is 0 Å². The van der Waals surface area contributed by atoms with E-state index in [1.54, 1.807) is 13.2 Å². The van der Waals surface area contributed by atoms with Gasteiger partial charge in [-0.25, -0.2) is 0 Å². The SMILES string of the molecule is CCC(=O)CCc1ccc(Oc2nc3ccccc3o2)c(OC)c1. The number of para-hydroxylation sites is 2. The summed E-state index contributed by atoms with van der Waals surface area (Å²) in [5.74, 6) is 1.36. The van der Waals surface area contributed by atoms with Crippen molar-refractivity contribution in [1.29, 1.82) is 0 Å². The minimum atomic E-state index is 0.170. The molecule has 0 aliphatic rings. The highest BCUT2D eigenvalue weighted by molar-refractivity contribution is 5.78. The summed E-state index contributed by atoms with van der Waals surface area (Å²) in [6.07, 6.45) is 1.95. The van der Waals surface area contributed by atoms with Crippen molar-refractivity contribution >= 4 is 16.9 Å². The molecule has 0 fully saturated rings. The molecule has 5 nitrogen and oxygen atoms in total. The molecule has 0 saturated heterocycles. The monoisotopic (exact) mass is 325 g/mol. The molecule has 1 heterocycles. The van der Waals surface area contributed by atoms with Crippen molar-refractivity contribution in [3.05, 3.63) is 48.0 Å². The van der Waals surface area contributed by atoms with Crippen molar-refractivity contribution < 1.29 is 18.7 Å². The van der Waals surface area contributed by atoms with Gasteiger partial charge in [-0.2, -0.15) is 4.98 Å². The predicted octanol–water partition coefficient (Wildman–Crippen LogP) is 4.54. The standard InChI is InChI=1S/C19H19NO4/c1-3-14(21)10-8-13-9-11-17(18(12-13)22-2)24-19-20-15-6-4-5-7-16(15)23-19/h4-7,9,11-12H,3,8,10H2,1-2H3. The van der Waals surface area contributed by atoms with E-state index in [2.05, 4.69) is 4.98 Å². The third-order valence-corrected chi connectivity index (χ3v) is 3.79. The van der Waals surface area contributed by atoms with Gasteiger partial charge in [-0.3, -0.25) is 4.79 Å². The van der Waals surface area contributed by atoms with Crippen molar-refractivity contribution in [2.45, 2.75) is 26.2 Å². The van der Waals surface area contributed by atoms with Crippen LogP contribution in [0.25, 0.3) is 11.1 Å². The van der Waals surface area contributed by atoms with Crippen LogP contribution in [-0.4, -0.2) is 17.9 Å². The Hall–Kier alpha value is -2.82. The first kappa shape index (κ1) is 16.1. The third kappa shape index (κ3) is 3.56.